The molecule has 0 aliphatic rings. The Morgan fingerprint density at radius 1 is 0.960 bits per heavy atom. The number of methoxy groups -OCH3 is 1. The van der Waals surface area contributed by atoms with E-state index in [1.165, 1.54) is 0 Å². The van der Waals surface area contributed by atoms with Gasteiger partial charge in [-0.1, -0.05) is 30.3 Å². The van der Waals surface area contributed by atoms with Gasteiger partial charge in [0.1, 0.15) is 5.75 Å². The maximum Gasteiger partial charge on any atom is 0.251 e. The van der Waals surface area contributed by atoms with Gasteiger partial charge in [-0.05, 0) is 29.8 Å². The quantitative estimate of drug-likeness (QED) is 0.408. The Kier molecular flexibility index (Phi) is 7.31. The summed E-state index contributed by atoms with van der Waals surface area (Å²) in [5.74, 6) is 1.44. The smallest absolute Gasteiger partial charge is 0.251 e. The Morgan fingerprint density at radius 3 is 2.28 bits per heavy atom. The van der Waals surface area contributed by atoms with Crippen molar-refractivity contribution in [3.63, 3.8) is 0 Å². The summed E-state index contributed by atoms with van der Waals surface area (Å²) in [6.45, 7) is 1.75. The lowest BCUT2D eigenvalue weighted by molar-refractivity contribution is 0.0954. The van der Waals surface area contributed by atoms with Crippen molar-refractivity contribution in [2.24, 2.45) is 4.99 Å². The van der Waals surface area contributed by atoms with E-state index in [9.17, 15) is 4.79 Å². The van der Waals surface area contributed by atoms with Crippen molar-refractivity contribution in [2.75, 3.05) is 27.2 Å². The highest BCUT2D eigenvalue weighted by Gasteiger charge is 2.03. The second kappa shape index (κ2) is 9.97. The Balaban J connectivity index is 1.68. The third kappa shape index (κ3) is 6.18. The minimum atomic E-state index is -0.0800. The van der Waals surface area contributed by atoms with Crippen LogP contribution in [0.4, 0.5) is 0 Å². The molecule has 2 aromatic rings. The largest absolute Gasteiger partial charge is 0.497 e. The standard InChI is InChI=1S/C19H24N4O2/c1-20-19(23-14-15-8-10-17(25-2)11-9-15)22-13-12-21-18(24)16-6-4-3-5-7-16/h3-11H,12-14H2,1-2H3,(H,21,24)(H2,20,22,23). The summed E-state index contributed by atoms with van der Waals surface area (Å²) < 4.78 is 5.14. The van der Waals surface area contributed by atoms with Crippen LogP contribution < -0.4 is 20.7 Å². The summed E-state index contributed by atoms with van der Waals surface area (Å²) in [6.07, 6.45) is 0. The first-order valence-electron chi connectivity index (χ1n) is 8.13. The normalized spacial score (nSPS) is 10.9. The van der Waals surface area contributed by atoms with E-state index in [2.05, 4.69) is 20.9 Å². The topological polar surface area (TPSA) is 74.8 Å². The van der Waals surface area contributed by atoms with Gasteiger partial charge in [-0.3, -0.25) is 9.79 Å². The molecule has 2 rings (SSSR count). The van der Waals surface area contributed by atoms with Crippen LogP contribution in [-0.2, 0) is 6.54 Å². The number of aliphatic imine (C=N–C) groups is 1. The highest BCUT2D eigenvalue weighted by Crippen LogP contribution is 2.10. The third-order valence-electron chi connectivity index (χ3n) is 3.58. The van der Waals surface area contributed by atoms with Gasteiger partial charge in [-0.15, -0.1) is 0 Å². The summed E-state index contributed by atoms with van der Waals surface area (Å²) in [4.78, 5) is 16.1. The van der Waals surface area contributed by atoms with Crippen LogP contribution in [0.2, 0.25) is 0 Å². The zero-order valence-electron chi connectivity index (χ0n) is 14.6. The van der Waals surface area contributed by atoms with Gasteiger partial charge in [0, 0.05) is 32.2 Å². The van der Waals surface area contributed by atoms with Crippen LogP contribution >= 0.6 is 0 Å². The molecule has 0 aliphatic carbocycles. The van der Waals surface area contributed by atoms with E-state index in [0.29, 0.717) is 31.2 Å². The maximum absolute atomic E-state index is 11.9. The summed E-state index contributed by atoms with van der Waals surface area (Å²) in [7, 11) is 3.36. The molecule has 2 aromatic carbocycles. The molecule has 6 heteroatoms. The highest BCUT2D eigenvalue weighted by atomic mass is 16.5. The molecule has 0 heterocycles. The lowest BCUT2D eigenvalue weighted by Gasteiger charge is -2.12. The van der Waals surface area contributed by atoms with Crippen LogP contribution in [0.25, 0.3) is 0 Å². The molecule has 3 N–H and O–H groups in total. The number of guanidine groups is 1. The number of hydrogen-bond donors (Lipinski definition) is 3. The molecule has 0 saturated carbocycles. The lowest BCUT2D eigenvalue weighted by atomic mass is 10.2. The fraction of sp³-hybridized carbons (Fsp3) is 0.263. The number of carbonyl (C=O) groups excluding carboxylic acids is 1. The van der Waals surface area contributed by atoms with Crippen molar-refractivity contribution in [3.8, 4) is 5.75 Å². The summed E-state index contributed by atoms with van der Waals surface area (Å²) in [5.41, 5.74) is 1.78. The monoisotopic (exact) mass is 340 g/mol. The predicted molar refractivity (Wildman–Crippen MR) is 100.0 cm³/mol. The second-order valence-corrected chi connectivity index (χ2v) is 5.32. The first-order valence-corrected chi connectivity index (χ1v) is 8.13. The first-order chi connectivity index (χ1) is 12.2. The number of rotatable bonds is 7. The zero-order chi connectivity index (χ0) is 17.9. The molecule has 0 bridgehead atoms. The number of nitrogens with zero attached hydrogens (tertiary/aromatic N) is 1. The fourth-order valence-corrected chi connectivity index (χ4v) is 2.20. The van der Waals surface area contributed by atoms with Gasteiger partial charge in [0.15, 0.2) is 5.96 Å². The van der Waals surface area contributed by atoms with Gasteiger partial charge < -0.3 is 20.7 Å². The van der Waals surface area contributed by atoms with Crippen LogP contribution in [0, 0.1) is 0 Å². The molecule has 132 valence electrons. The molecule has 25 heavy (non-hydrogen) atoms. The van der Waals surface area contributed by atoms with Gasteiger partial charge >= 0.3 is 0 Å². The molecule has 0 spiro atoms. The zero-order valence-corrected chi connectivity index (χ0v) is 14.6. The van der Waals surface area contributed by atoms with Crippen LogP contribution in [0.5, 0.6) is 5.75 Å². The molecule has 0 fully saturated rings. The Labute approximate surface area is 148 Å². The number of nitrogens with one attached hydrogen (secondary N) is 3. The molecule has 0 radical (unpaired) electrons. The second-order valence-electron chi connectivity index (χ2n) is 5.32. The van der Waals surface area contributed by atoms with E-state index in [1.54, 1.807) is 26.3 Å². The van der Waals surface area contributed by atoms with Crippen LogP contribution in [-0.4, -0.2) is 39.1 Å². The van der Waals surface area contributed by atoms with Crippen molar-refractivity contribution < 1.29 is 9.53 Å². The van der Waals surface area contributed by atoms with E-state index in [4.69, 9.17) is 4.74 Å². The predicted octanol–water partition coefficient (Wildman–Crippen LogP) is 1.79. The number of amides is 1. The van der Waals surface area contributed by atoms with Crippen molar-refractivity contribution in [1.29, 1.82) is 0 Å². The SMILES string of the molecule is CN=C(NCCNC(=O)c1ccccc1)NCc1ccc(OC)cc1. The lowest BCUT2D eigenvalue weighted by Crippen LogP contribution is -2.41. The molecule has 0 saturated heterocycles. The minimum Gasteiger partial charge on any atom is -0.497 e. The average molecular weight is 340 g/mol. The van der Waals surface area contributed by atoms with Crippen molar-refractivity contribution in [3.05, 3.63) is 65.7 Å². The van der Waals surface area contributed by atoms with E-state index < -0.39 is 0 Å². The average Bonchev–Trinajstić information content (AvgIpc) is 2.68. The minimum absolute atomic E-state index is 0.0800. The maximum atomic E-state index is 11.9. The third-order valence-corrected chi connectivity index (χ3v) is 3.58. The van der Waals surface area contributed by atoms with E-state index in [0.717, 1.165) is 11.3 Å². The summed E-state index contributed by atoms with van der Waals surface area (Å²) in [6, 6.07) is 17.0. The number of ether oxygens (including phenoxy) is 1. The van der Waals surface area contributed by atoms with E-state index >= 15 is 0 Å². The molecule has 0 aromatic heterocycles. The molecule has 1 amide bonds. The Morgan fingerprint density at radius 2 is 1.64 bits per heavy atom. The van der Waals surface area contributed by atoms with Gasteiger partial charge in [-0.25, -0.2) is 0 Å². The van der Waals surface area contributed by atoms with E-state index in [1.807, 2.05) is 42.5 Å². The van der Waals surface area contributed by atoms with E-state index in [-0.39, 0.29) is 5.91 Å². The highest BCUT2D eigenvalue weighted by molar-refractivity contribution is 5.94. The number of carbonyl (C=O) groups is 1. The molecule has 0 unspecified atom stereocenters. The first kappa shape index (κ1) is 18.3. The van der Waals surface area contributed by atoms with Crippen LogP contribution in [0.15, 0.2) is 59.6 Å². The van der Waals surface area contributed by atoms with Crippen LogP contribution in [0.3, 0.4) is 0 Å². The molecular weight excluding hydrogens is 316 g/mol. The Bertz CT molecular complexity index is 684. The molecule has 0 atom stereocenters. The van der Waals surface area contributed by atoms with Gasteiger partial charge in [0.25, 0.3) is 5.91 Å². The summed E-state index contributed by atoms with van der Waals surface area (Å²) in [5, 5.41) is 9.26. The van der Waals surface area contributed by atoms with Crippen molar-refractivity contribution in [1.82, 2.24) is 16.0 Å². The number of hydrogen-bond acceptors (Lipinski definition) is 3. The summed E-state index contributed by atoms with van der Waals surface area (Å²) >= 11 is 0. The van der Waals surface area contributed by atoms with Gasteiger partial charge in [0.05, 0.1) is 7.11 Å². The van der Waals surface area contributed by atoms with Crippen molar-refractivity contribution >= 4 is 11.9 Å². The Hall–Kier alpha value is -3.02. The van der Waals surface area contributed by atoms with Gasteiger partial charge in [-0.2, -0.15) is 0 Å². The number of benzene rings is 2. The van der Waals surface area contributed by atoms with Crippen LogP contribution in [0.1, 0.15) is 15.9 Å². The molecule has 0 aliphatic heterocycles. The molecular formula is C19H24N4O2. The van der Waals surface area contributed by atoms with Gasteiger partial charge in [0.2, 0.25) is 0 Å². The fourth-order valence-electron chi connectivity index (χ4n) is 2.20. The molecule has 6 nitrogen and oxygen atoms in total. The van der Waals surface area contributed by atoms with Crippen molar-refractivity contribution in [2.45, 2.75) is 6.54 Å².